The molecule has 1 fully saturated rings. The predicted octanol–water partition coefficient (Wildman–Crippen LogP) is 2.10. The maximum Gasteiger partial charge on any atom is 0.410 e. The van der Waals surface area contributed by atoms with Crippen molar-refractivity contribution in [2.75, 3.05) is 25.4 Å². The first-order chi connectivity index (χ1) is 10.2. The lowest BCUT2D eigenvalue weighted by Crippen LogP contribution is -2.54. The summed E-state index contributed by atoms with van der Waals surface area (Å²) in [6, 6.07) is 4.15. The van der Waals surface area contributed by atoms with Crippen LogP contribution in [0.25, 0.3) is 0 Å². The number of rotatable bonds is 2. The van der Waals surface area contributed by atoms with Gasteiger partial charge in [0.05, 0.1) is 0 Å². The number of carbonyl (C=O) groups excluding carboxylic acids is 1. The predicted molar refractivity (Wildman–Crippen MR) is 86.3 cm³/mol. The highest BCUT2D eigenvalue weighted by molar-refractivity contribution is 5.68. The fourth-order valence-electron chi connectivity index (χ4n) is 2.55. The number of pyridine rings is 1. The van der Waals surface area contributed by atoms with E-state index in [1.165, 1.54) is 0 Å². The molecule has 22 heavy (non-hydrogen) atoms. The van der Waals surface area contributed by atoms with Crippen molar-refractivity contribution >= 4 is 11.9 Å². The maximum absolute atomic E-state index is 12.1. The number of hydrogen-bond acceptors (Lipinski definition) is 5. The second-order valence-electron chi connectivity index (χ2n) is 6.83. The monoisotopic (exact) mass is 306 g/mol. The van der Waals surface area contributed by atoms with E-state index in [9.17, 15) is 4.79 Å². The summed E-state index contributed by atoms with van der Waals surface area (Å²) >= 11 is 0. The Hall–Kier alpha value is -1.82. The summed E-state index contributed by atoms with van der Waals surface area (Å²) < 4.78 is 5.44. The van der Waals surface area contributed by atoms with Crippen molar-refractivity contribution in [3.8, 4) is 0 Å². The Morgan fingerprint density at radius 3 is 2.77 bits per heavy atom. The van der Waals surface area contributed by atoms with Crippen LogP contribution in [0.5, 0.6) is 0 Å². The van der Waals surface area contributed by atoms with Crippen molar-refractivity contribution in [1.82, 2.24) is 14.8 Å². The van der Waals surface area contributed by atoms with Gasteiger partial charge in [0.25, 0.3) is 0 Å². The van der Waals surface area contributed by atoms with E-state index in [1.54, 1.807) is 11.1 Å². The number of nitrogens with two attached hydrogens (primary N) is 1. The Kier molecular flexibility index (Phi) is 4.90. The van der Waals surface area contributed by atoms with E-state index in [-0.39, 0.29) is 12.1 Å². The summed E-state index contributed by atoms with van der Waals surface area (Å²) in [6.07, 6.45) is 1.50. The van der Waals surface area contributed by atoms with Crippen LogP contribution in [0.1, 0.15) is 33.3 Å². The maximum atomic E-state index is 12.1. The van der Waals surface area contributed by atoms with Crippen molar-refractivity contribution in [3.63, 3.8) is 0 Å². The summed E-state index contributed by atoms with van der Waals surface area (Å²) in [4.78, 5) is 20.3. The van der Waals surface area contributed by atoms with Gasteiger partial charge in [0.1, 0.15) is 11.4 Å². The molecule has 6 nitrogen and oxygen atoms in total. The molecule has 122 valence electrons. The molecule has 0 bridgehead atoms. The van der Waals surface area contributed by atoms with Crippen LogP contribution in [0.15, 0.2) is 18.3 Å². The Morgan fingerprint density at radius 2 is 2.18 bits per heavy atom. The van der Waals surface area contributed by atoms with E-state index >= 15 is 0 Å². The van der Waals surface area contributed by atoms with Gasteiger partial charge in [-0.1, -0.05) is 0 Å². The second kappa shape index (κ2) is 6.52. The van der Waals surface area contributed by atoms with E-state index < -0.39 is 5.60 Å². The minimum Gasteiger partial charge on any atom is -0.444 e. The van der Waals surface area contributed by atoms with Gasteiger partial charge in [-0.05, 0) is 45.4 Å². The normalized spacial score (nSPS) is 20.0. The van der Waals surface area contributed by atoms with Crippen LogP contribution in [0, 0.1) is 0 Å². The van der Waals surface area contributed by atoms with Crippen LogP contribution < -0.4 is 5.73 Å². The Balaban J connectivity index is 1.91. The highest BCUT2D eigenvalue weighted by Crippen LogP contribution is 2.17. The summed E-state index contributed by atoms with van der Waals surface area (Å²) in [6.45, 7) is 10.8. The number of anilines is 1. The number of carbonyl (C=O) groups is 1. The van der Waals surface area contributed by atoms with Gasteiger partial charge in [0, 0.05) is 38.4 Å². The van der Waals surface area contributed by atoms with Crippen molar-refractivity contribution in [2.45, 2.75) is 45.9 Å². The van der Waals surface area contributed by atoms with Crippen LogP contribution in [0.2, 0.25) is 0 Å². The summed E-state index contributed by atoms with van der Waals surface area (Å²) in [5.41, 5.74) is 6.41. The Morgan fingerprint density at radius 1 is 1.45 bits per heavy atom. The minimum atomic E-state index is -0.452. The SMILES string of the molecule is CC1CN(C(=O)OC(C)(C)C)CCN1Cc1ccnc(N)c1. The molecule has 1 amide bonds. The number of hydrogen-bond donors (Lipinski definition) is 1. The van der Waals surface area contributed by atoms with Crippen molar-refractivity contribution in [1.29, 1.82) is 0 Å². The zero-order chi connectivity index (χ0) is 16.3. The van der Waals surface area contributed by atoms with Gasteiger partial charge in [-0.3, -0.25) is 4.90 Å². The Bertz CT molecular complexity index is 527. The smallest absolute Gasteiger partial charge is 0.410 e. The zero-order valence-electron chi connectivity index (χ0n) is 13.9. The van der Waals surface area contributed by atoms with Gasteiger partial charge in [-0.2, -0.15) is 0 Å². The molecule has 1 saturated heterocycles. The molecule has 2 rings (SSSR count). The van der Waals surface area contributed by atoms with E-state index in [2.05, 4.69) is 16.8 Å². The summed E-state index contributed by atoms with van der Waals surface area (Å²) in [5, 5.41) is 0. The van der Waals surface area contributed by atoms with E-state index in [0.717, 1.165) is 18.7 Å². The third-order valence-corrected chi connectivity index (χ3v) is 3.65. The fraction of sp³-hybridized carbons (Fsp3) is 0.625. The molecule has 0 radical (unpaired) electrons. The van der Waals surface area contributed by atoms with Gasteiger partial charge in [-0.25, -0.2) is 9.78 Å². The quantitative estimate of drug-likeness (QED) is 0.906. The lowest BCUT2D eigenvalue weighted by molar-refractivity contribution is 0.00461. The Labute approximate surface area is 132 Å². The van der Waals surface area contributed by atoms with E-state index in [0.29, 0.717) is 18.9 Å². The summed E-state index contributed by atoms with van der Waals surface area (Å²) in [7, 11) is 0. The van der Waals surface area contributed by atoms with Gasteiger partial charge in [0.15, 0.2) is 0 Å². The van der Waals surface area contributed by atoms with Crippen molar-refractivity contribution in [2.24, 2.45) is 0 Å². The van der Waals surface area contributed by atoms with Gasteiger partial charge in [0.2, 0.25) is 0 Å². The van der Waals surface area contributed by atoms with Gasteiger partial charge >= 0.3 is 6.09 Å². The molecule has 1 aromatic heterocycles. The largest absolute Gasteiger partial charge is 0.444 e. The van der Waals surface area contributed by atoms with Crippen LogP contribution in [0.3, 0.4) is 0 Å². The molecule has 1 unspecified atom stereocenters. The molecule has 2 heterocycles. The first-order valence-corrected chi connectivity index (χ1v) is 7.67. The zero-order valence-corrected chi connectivity index (χ0v) is 13.9. The minimum absolute atomic E-state index is 0.229. The van der Waals surface area contributed by atoms with Crippen molar-refractivity contribution < 1.29 is 9.53 Å². The molecular weight excluding hydrogens is 280 g/mol. The highest BCUT2D eigenvalue weighted by Gasteiger charge is 2.29. The standard InChI is InChI=1S/C16H26N4O2/c1-12-10-20(15(21)22-16(2,3)4)8-7-19(12)11-13-5-6-18-14(17)9-13/h5-6,9,12H,7-8,10-11H2,1-4H3,(H2,17,18). The first kappa shape index (κ1) is 16.5. The molecule has 0 aromatic carbocycles. The molecule has 2 N–H and O–H groups in total. The third-order valence-electron chi connectivity index (χ3n) is 3.65. The molecule has 1 aromatic rings. The molecule has 0 aliphatic carbocycles. The average Bonchev–Trinajstić information content (AvgIpc) is 2.39. The van der Waals surface area contributed by atoms with Crippen LogP contribution >= 0.6 is 0 Å². The number of amides is 1. The van der Waals surface area contributed by atoms with Crippen LogP contribution in [0.4, 0.5) is 10.6 Å². The number of aromatic nitrogens is 1. The molecule has 0 saturated carbocycles. The lowest BCUT2D eigenvalue weighted by atomic mass is 10.1. The number of ether oxygens (including phenoxy) is 1. The molecule has 6 heteroatoms. The fourth-order valence-corrected chi connectivity index (χ4v) is 2.55. The molecule has 0 spiro atoms. The lowest BCUT2D eigenvalue weighted by Gasteiger charge is -2.40. The number of nitrogen functional groups attached to an aromatic ring is 1. The summed E-state index contributed by atoms with van der Waals surface area (Å²) in [5.74, 6) is 0.539. The molecular formula is C16H26N4O2. The second-order valence-corrected chi connectivity index (χ2v) is 6.83. The topological polar surface area (TPSA) is 71.7 Å². The third kappa shape index (κ3) is 4.59. The molecule has 1 aliphatic rings. The molecule has 1 aliphatic heterocycles. The van der Waals surface area contributed by atoms with Crippen molar-refractivity contribution in [3.05, 3.63) is 23.9 Å². The average molecular weight is 306 g/mol. The van der Waals surface area contributed by atoms with E-state index in [4.69, 9.17) is 10.5 Å². The number of nitrogens with zero attached hydrogens (tertiary/aromatic N) is 3. The number of piperazine rings is 1. The highest BCUT2D eigenvalue weighted by atomic mass is 16.6. The van der Waals surface area contributed by atoms with Crippen LogP contribution in [-0.4, -0.2) is 52.2 Å². The molecule has 1 atom stereocenters. The van der Waals surface area contributed by atoms with Gasteiger partial charge < -0.3 is 15.4 Å². The van der Waals surface area contributed by atoms with E-state index in [1.807, 2.05) is 32.9 Å². The van der Waals surface area contributed by atoms with Crippen LogP contribution in [-0.2, 0) is 11.3 Å². The van der Waals surface area contributed by atoms with Gasteiger partial charge in [-0.15, -0.1) is 0 Å². The first-order valence-electron chi connectivity index (χ1n) is 7.67.